The molecule has 0 bridgehead atoms. The lowest BCUT2D eigenvalue weighted by molar-refractivity contribution is -0.125. The number of carbonyl (C=O) groups is 1. The Morgan fingerprint density at radius 2 is 2.19 bits per heavy atom. The number of aromatic nitrogens is 1. The molecule has 1 unspecified atom stereocenters. The fourth-order valence-corrected chi connectivity index (χ4v) is 4.09. The Kier molecular flexibility index (Phi) is 5.08. The summed E-state index contributed by atoms with van der Waals surface area (Å²) in [5.74, 6) is 0.998. The molecule has 1 aromatic heterocycles. The molecule has 4 rings (SSSR count). The molecule has 0 saturated heterocycles. The first-order valence-electron chi connectivity index (χ1n) is 9.33. The lowest BCUT2D eigenvalue weighted by Gasteiger charge is -2.22. The molecule has 3 aromatic rings. The Labute approximate surface area is 163 Å². The van der Waals surface area contributed by atoms with Crippen molar-refractivity contribution >= 4 is 28.4 Å². The third kappa shape index (κ3) is 3.81. The summed E-state index contributed by atoms with van der Waals surface area (Å²) in [7, 11) is 1.66. The van der Waals surface area contributed by atoms with Crippen molar-refractivity contribution in [2.24, 2.45) is 5.92 Å². The van der Waals surface area contributed by atoms with Crippen LogP contribution in [0.2, 0.25) is 5.02 Å². The Bertz CT molecular complexity index is 980. The third-order valence-corrected chi connectivity index (χ3v) is 5.60. The van der Waals surface area contributed by atoms with Crippen LogP contribution in [0.15, 0.2) is 42.5 Å². The van der Waals surface area contributed by atoms with Crippen LogP contribution in [-0.2, 0) is 24.1 Å². The number of ether oxygens (including phenoxy) is 1. The number of benzene rings is 2. The molecule has 27 heavy (non-hydrogen) atoms. The molecule has 140 valence electrons. The number of hydrogen-bond donors (Lipinski definition) is 2. The number of hydrogen-bond acceptors (Lipinski definition) is 2. The lowest BCUT2D eigenvalue weighted by atomic mass is 9.86. The molecule has 1 aliphatic carbocycles. The fourth-order valence-electron chi connectivity index (χ4n) is 3.92. The molecule has 1 amide bonds. The Morgan fingerprint density at radius 3 is 3.04 bits per heavy atom. The van der Waals surface area contributed by atoms with Crippen LogP contribution >= 0.6 is 11.6 Å². The first-order chi connectivity index (χ1) is 13.1. The predicted molar refractivity (Wildman–Crippen MR) is 109 cm³/mol. The van der Waals surface area contributed by atoms with Crippen LogP contribution in [0.4, 0.5) is 0 Å². The number of methoxy groups -OCH3 is 1. The van der Waals surface area contributed by atoms with Gasteiger partial charge in [0.2, 0.25) is 5.91 Å². The molecule has 4 nitrogen and oxygen atoms in total. The van der Waals surface area contributed by atoms with E-state index in [1.165, 1.54) is 11.3 Å². The number of aryl methyl sites for hydroxylation is 1. The van der Waals surface area contributed by atoms with Gasteiger partial charge in [-0.3, -0.25) is 4.79 Å². The molecular weight excluding hydrogens is 360 g/mol. The van der Waals surface area contributed by atoms with Gasteiger partial charge >= 0.3 is 0 Å². The Balaban J connectivity index is 1.39. The molecule has 0 saturated carbocycles. The van der Waals surface area contributed by atoms with Crippen molar-refractivity contribution in [2.45, 2.75) is 25.7 Å². The standard InChI is InChI=1S/C22H23ClN2O2/c1-27-17-4-2-3-14(11-17)9-10-24-22(26)15-5-7-20-18(12-15)19-13-16(23)6-8-21(19)25-20/h2-4,6,8,11,13,15,25H,5,7,9-10,12H2,1H3,(H,24,26). The van der Waals surface area contributed by atoms with E-state index in [9.17, 15) is 4.79 Å². The minimum atomic E-state index is 0.0146. The van der Waals surface area contributed by atoms with Crippen molar-refractivity contribution < 1.29 is 9.53 Å². The van der Waals surface area contributed by atoms with E-state index < -0.39 is 0 Å². The number of halogens is 1. The van der Waals surface area contributed by atoms with Crippen molar-refractivity contribution in [2.75, 3.05) is 13.7 Å². The number of nitrogens with one attached hydrogen (secondary N) is 2. The molecule has 1 aliphatic rings. The summed E-state index contributed by atoms with van der Waals surface area (Å²) in [6.45, 7) is 0.634. The highest BCUT2D eigenvalue weighted by atomic mass is 35.5. The molecule has 1 heterocycles. The van der Waals surface area contributed by atoms with Crippen molar-refractivity contribution in [3.63, 3.8) is 0 Å². The zero-order valence-electron chi connectivity index (χ0n) is 15.3. The largest absolute Gasteiger partial charge is 0.497 e. The highest BCUT2D eigenvalue weighted by Gasteiger charge is 2.27. The summed E-state index contributed by atoms with van der Waals surface area (Å²) in [6.07, 6.45) is 3.33. The van der Waals surface area contributed by atoms with E-state index in [0.717, 1.165) is 52.9 Å². The predicted octanol–water partition coefficient (Wildman–Crippen LogP) is 4.29. The maximum Gasteiger partial charge on any atom is 0.223 e. The topological polar surface area (TPSA) is 54.1 Å². The fraction of sp³-hybridized carbons (Fsp3) is 0.318. The van der Waals surface area contributed by atoms with Gasteiger partial charge in [-0.15, -0.1) is 0 Å². The number of amides is 1. The van der Waals surface area contributed by atoms with Crippen LogP contribution in [0.25, 0.3) is 10.9 Å². The van der Waals surface area contributed by atoms with E-state index in [0.29, 0.717) is 6.54 Å². The molecule has 2 N–H and O–H groups in total. The van der Waals surface area contributed by atoms with Gasteiger partial charge in [-0.2, -0.15) is 0 Å². The van der Waals surface area contributed by atoms with Crippen molar-refractivity contribution in [3.05, 3.63) is 64.3 Å². The van der Waals surface area contributed by atoms with Crippen LogP contribution in [0.1, 0.15) is 23.2 Å². The van der Waals surface area contributed by atoms with Crippen LogP contribution in [0, 0.1) is 5.92 Å². The summed E-state index contributed by atoms with van der Waals surface area (Å²) in [4.78, 5) is 16.2. The zero-order chi connectivity index (χ0) is 18.8. The first kappa shape index (κ1) is 17.9. The smallest absolute Gasteiger partial charge is 0.223 e. The molecule has 2 aromatic carbocycles. The number of rotatable bonds is 5. The summed E-state index contributed by atoms with van der Waals surface area (Å²) in [5, 5.41) is 4.98. The van der Waals surface area contributed by atoms with E-state index in [1.54, 1.807) is 7.11 Å². The Hall–Kier alpha value is -2.46. The number of aromatic amines is 1. The second-order valence-electron chi connectivity index (χ2n) is 7.10. The van der Waals surface area contributed by atoms with E-state index in [4.69, 9.17) is 16.3 Å². The summed E-state index contributed by atoms with van der Waals surface area (Å²) < 4.78 is 5.25. The van der Waals surface area contributed by atoms with Crippen LogP contribution in [0.5, 0.6) is 5.75 Å². The van der Waals surface area contributed by atoms with E-state index in [1.807, 2.05) is 36.4 Å². The van der Waals surface area contributed by atoms with E-state index in [2.05, 4.69) is 16.4 Å². The minimum absolute atomic E-state index is 0.0146. The molecule has 0 radical (unpaired) electrons. The van der Waals surface area contributed by atoms with E-state index in [-0.39, 0.29) is 11.8 Å². The summed E-state index contributed by atoms with van der Waals surface area (Å²) >= 11 is 6.16. The van der Waals surface area contributed by atoms with Crippen LogP contribution in [-0.4, -0.2) is 24.5 Å². The maximum absolute atomic E-state index is 12.7. The SMILES string of the molecule is COc1cccc(CCNC(=O)C2CCc3[nH]c4ccc(Cl)cc4c3C2)c1. The van der Waals surface area contributed by atoms with Gasteiger partial charge in [0.25, 0.3) is 0 Å². The highest BCUT2D eigenvalue weighted by molar-refractivity contribution is 6.31. The molecular formula is C22H23ClN2O2. The number of fused-ring (bicyclic) bond motifs is 3. The van der Waals surface area contributed by atoms with Gasteiger partial charge in [0.1, 0.15) is 5.75 Å². The van der Waals surface area contributed by atoms with Gasteiger partial charge in [-0.25, -0.2) is 0 Å². The molecule has 0 spiro atoms. The number of H-pyrrole nitrogens is 1. The van der Waals surface area contributed by atoms with Gasteiger partial charge in [0.15, 0.2) is 0 Å². The first-order valence-corrected chi connectivity index (χ1v) is 9.71. The number of carbonyl (C=O) groups excluding carboxylic acids is 1. The second kappa shape index (κ2) is 7.65. The van der Waals surface area contributed by atoms with Crippen molar-refractivity contribution in [1.82, 2.24) is 10.3 Å². The minimum Gasteiger partial charge on any atom is -0.497 e. The van der Waals surface area contributed by atoms with Crippen molar-refractivity contribution in [3.8, 4) is 5.75 Å². The molecule has 0 fully saturated rings. The van der Waals surface area contributed by atoms with Crippen molar-refractivity contribution in [1.29, 1.82) is 0 Å². The quantitative estimate of drug-likeness (QED) is 0.691. The monoisotopic (exact) mass is 382 g/mol. The van der Waals surface area contributed by atoms with Gasteiger partial charge in [0, 0.05) is 34.1 Å². The van der Waals surface area contributed by atoms with Crippen LogP contribution in [0.3, 0.4) is 0 Å². The second-order valence-corrected chi connectivity index (χ2v) is 7.54. The zero-order valence-corrected chi connectivity index (χ0v) is 16.1. The summed E-state index contributed by atoms with van der Waals surface area (Å²) in [6, 6.07) is 13.9. The molecule has 1 atom stereocenters. The average Bonchev–Trinajstić information content (AvgIpc) is 3.05. The third-order valence-electron chi connectivity index (χ3n) is 5.37. The lowest BCUT2D eigenvalue weighted by Crippen LogP contribution is -2.35. The summed E-state index contributed by atoms with van der Waals surface area (Å²) in [5.41, 5.74) is 4.75. The normalized spacial score (nSPS) is 16.1. The van der Waals surface area contributed by atoms with Gasteiger partial charge in [-0.1, -0.05) is 23.7 Å². The maximum atomic E-state index is 12.7. The Morgan fingerprint density at radius 1 is 1.30 bits per heavy atom. The van der Waals surface area contributed by atoms with Crippen LogP contribution < -0.4 is 10.1 Å². The van der Waals surface area contributed by atoms with Gasteiger partial charge in [0.05, 0.1) is 7.11 Å². The van der Waals surface area contributed by atoms with Gasteiger partial charge < -0.3 is 15.0 Å². The van der Waals surface area contributed by atoms with Gasteiger partial charge in [-0.05, 0) is 67.1 Å². The van der Waals surface area contributed by atoms with E-state index >= 15 is 0 Å². The highest BCUT2D eigenvalue weighted by Crippen LogP contribution is 2.33. The molecule has 0 aliphatic heterocycles. The molecule has 5 heteroatoms. The average molecular weight is 383 g/mol.